The SMILES string of the molecule is CCCCCCC/C=C\CCCCCCCC(=O)OC(COC(=O)CCCCCCCCCCCCCCCCCCC)COP(=O)(O)OC. The lowest BCUT2D eigenvalue weighted by atomic mass is 10.0. The molecule has 0 aliphatic rings. The van der Waals surface area contributed by atoms with E-state index in [1.807, 2.05) is 0 Å². The molecule has 2 unspecified atom stereocenters. The minimum Gasteiger partial charge on any atom is -0.462 e. The minimum atomic E-state index is -4.26. The topological polar surface area (TPSA) is 108 Å². The number of phosphoric acid groups is 1. The van der Waals surface area contributed by atoms with E-state index < -0.39 is 26.5 Å². The van der Waals surface area contributed by atoms with Crippen molar-refractivity contribution in [3.8, 4) is 0 Å². The van der Waals surface area contributed by atoms with E-state index in [2.05, 4.69) is 30.5 Å². The van der Waals surface area contributed by atoms with Crippen molar-refractivity contribution in [2.75, 3.05) is 20.3 Å². The molecule has 50 heavy (non-hydrogen) atoms. The molecule has 0 bridgehead atoms. The van der Waals surface area contributed by atoms with Gasteiger partial charge in [-0.05, 0) is 38.5 Å². The predicted molar refractivity (Wildman–Crippen MR) is 207 cm³/mol. The Morgan fingerprint density at radius 1 is 0.540 bits per heavy atom. The Hall–Kier alpha value is -1.21. The fraction of sp³-hybridized carbons (Fsp3) is 0.902. The number of carbonyl (C=O) groups is 2. The molecule has 8 nitrogen and oxygen atoms in total. The normalized spacial score (nSPS) is 13.4. The molecule has 0 saturated carbocycles. The average molecular weight is 731 g/mol. The van der Waals surface area contributed by atoms with Gasteiger partial charge in [0, 0.05) is 20.0 Å². The molecule has 0 fully saturated rings. The first-order valence-corrected chi connectivity index (χ1v) is 22.4. The maximum atomic E-state index is 12.5. The first-order valence-electron chi connectivity index (χ1n) is 20.9. The van der Waals surface area contributed by atoms with E-state index in [9.17, 15) is 19.0 Å². The molecule has 0 radical (unpaired) electrons. The summed E-state index contributed by atoms with van der Waals surface area (Å²) < 4.78 is 31.9. The van der Waals surface area contributed by atoms with Gasteiger partial charge in [0.2, 0.25) is 0 Å². The van der Waals surface area contributed by atoms with Crippen molar-refractivity contribution in [2.24, 2.45) is 0 Å². The van der Waals surface area contributed by atoms with Crippen LogP contribution in [0.1, 0.15) is 213 Å². The first kappa shape index (κ1) is 48.8. The van der Waals surface area contributed by atoms with E-state index in [1.54, 1.807) is 0 Å². The molecule has 0 aromatic carbocycles. The summed E-state index contributed by atoms with van der Waals surface area (Å²) in [4.78, 5) is 34.4. The Labute approximate surface area is 308 Å². The van der Waals surface area contributed by atoms with Crippen molar-refractivity contribution < 1.29 is 37.6 Å². The summed E-state index contributed by atoms with van der Waals surface area (Å²) in [6, 6.07) is 0. The van der Waals surface area contributed by atoms with Crippen molar-refractivity contribution in [3.05, 3.63) is 12.2 Å². The van der Waals surface area contributed by atoms with Crippen LogP contribution < -0.4 is 0 Å². The molecular weight excluding hydrogens is 651 g/mol. The van der Waals surface area contributed by atoms with Crippen molar-refractivity contribution in [2.45, 2.75) is 219 Å². The molecule has 0 aliphatic carbocycles. The van der Waals surface area contributed by atoms with Crippen molar-refractivity contribution in [3.63, 3.8) is 0 Å². The lowest BCUT2D eigenvalue weighted by Gasteiger charge is -2.19. The fourth-order valence-corrected chi connectivity index (χ4v) is 6.47. The van der Waals surface area contributed by atoms with E-state index in [0.29, 0.717) is 12.8 Å². The van der Waals surface area contributed by atoms with Crippen LogP contribution in [0.4, 0.5) is 0 Å². The van der Waals surface area contributed by atoms with Gasteiger partial charge in [0.1, 0.15) is 6.61 Å². The van der Waals surface area contributed by atoms with Crippen molar-refractivity contribution in [1.29, 1.82) is 0 Å². The largest absolute Gasteiger partial charge is 0.472 e. The number of esters is 2. The Balaban J connectivity index is 3.98. The van der Waals surface area contributed by atoms with E-state index in [-0.39, 0.29) is 19.0 Å². The van der Waals surface area contributed by atoms with Crippen molar-refractivity contribution in [1.82, 2.24) is 0 Å². The third kappa shape index (κ3) is 36.6. The number of allylic oxidation sites excluding steroid dienone is 2. The predicted octanol–water partition coefficient (Wildman–Crippen LogP) is 12.9. The zero-order valence-electron chi connectivity index (χ0n) is 32.8. The quantitative estimate of drug-likeness (QED) is 0.0288. The number of hydrogen-bond donors (Lipinski definition) is 1. The third-order valence-corrected chi connectivity index (χ3v) is 10.2. The van der Waals surface area contributed by atoms with Gasteiger partial charge in [-0.2, -0.15) is 0 Å². The molecule has 0 aliphatic heterocycles. The number of rotatable bonds is 39. The van der Waals surface area contributed by atoms with Crippen LogP contribution in [0.15, 0.2) is 12.2 Å². The Morgan fingerprint density at radius 3 is 1.30 bits per heavy atom. The Bertz CT molecular complexity index is 833. The van der Waals surface area contributed by atoms with E-state index in [0.717, 1.165) is 58.5 Å². The second kappa shape index (κ2) is 37.5. The zero-order valence-corrected chi connectivity index (χ0v) is 33.7. The highest BCUT2D eigenvalue weighted by molar-refractivity contribution is 7.47. The summed E-state index contributed by atoms with van der Waals surface area (Å²) in [7, 11) is -3.19. The molecule has 0 aromatic heterocycles. The summed E-state index contributed by atoms with van der Waals surface area (Å²) in [5.74, 6) is -0.803. The first-order chi connectivity index (χ1) is 24.3. The lowest BCUT2D eigenvalue weighted by Crippen LogP contribution is -2.29. The molecular formula is C41H79O8P. The van der Waals surface area contributed by atoms with Crippen LogP contribution in [-0.4, -0.2) is 43.3 Å². The molecule has 9 heteroatoms. The van der Waals surface area contributed by atoms with Gasteiger partial charge in [-0.15, -0.1) is 0 Å². The van der Waals surface area contributed by atoms with Gasteiger partial charge in [0.25, 0.3) is 0 Å². The van der Waals surface area contributed by atoms with Gasteiger partial charge in [-0.25, -0.2) is 4.57 Å². The van der Waals surface area contributed by atoms with Crippen LogP contribution in [-0.2, 0) is 32.7 Å². The monoisotopic (exact) mass is 731 g/mol. The molecule has 0 heterocycles. The minimum absolute atomic E-state index is 0.223. The van der Waals surface area contributed by atoms with Gasteiger partial charge < -0.3 is 14.4 Å². The highest BCUT2D eigenvalue weighted by atomic mass is 31.2. The molecule has 1 N–H and O–H groups in total. The van der Waals surface area contributed by atoms with Crippen LogP contribution in [0, 0.1) is 0 Å². The maximum absolute atomic E-state index is 12.5. The smallest absolute Gasteiger partial charge is 0.462 e. The number of phosphoric ester groups is 1. The summed E-state index contributed by atoms with van der Waals surface area (Å²) in [5, 5.41) is 0. The van der Waals surface area contributed by atoms with Crippen LogP contribution in [0.3, 0.4) is 0 Å². The van der Waals surface area contributed by atoms with Crippen LogP contribution in [0.2, 0.25) is 0 Å². The fourth-order valence-electron chi connectivity index (χ4n) is 6.01. The summed E-state index contributed by atoms with van der Waals surface area (Å²) in [6.07, 6.45) is 39.7. The lowest BCUT2D eigenvalue weighted by molar-refractivity contribution is -0.161. The molecule has 0 spiro atoms. The summed E-state index contributed by atoms with van der Waals surface area (Å²) >= 11 is 0. The highest BCUT2D eigenvalue weighted by Crippen LogP contribution is 2.42. The number of carbonyl (C=O) groups excluding carboxylic acids is 2. The number of unbranched alkanes of at least 4 members (excludes halogenated alkanes) is 26. The van der Waals surface area contributed by atoms with E-state index >= 15 is 0 Å². The Morgan fingerprint density at radius 2 is 0.900 bits per heavy atom. The zero-order chi connectivity index (χ0) is 36.8. The van der Waals surface area contributed by atoms with Crippen molar-refractivity contribution >= 4 is 19.8 Å². The molecule has 0 saturated heterocycles. The van der Waals surface area contributed by atoms with Gasteiger partial charge in [-0.1, -0.05) is 174 Å². The molecule has 0 amide bonds. The van der Waals surface area contributed by atoms with Gasteiger partial charge in [0.15, 0.2) is 6.10 Å². The van der Waals surface area contributed by atoms with Crippen LogP contribution >= 0.6 is 7.82 Å². The standard InChI is InChI=1S/C41H79O8P/c1-4-6-8-10-12-14-16-18-20-21-22-24-25-27-29-31-33-35-40(42)47-37-39(38-48-50(44,45)46-3)49-41(43)36-34-32-30-28-26-23-19-17-15-13-11-9-7-5-2/h17,19,39H,4-16,18,20-38H2,1-3H3,(H,44,45)/b19-17-. The van der Waals surface area contributed by atoms with Crippen LogP contribution in [0.5, 0.6) is 0 Å². The molecule has 296 valence electrons. The summed E-state index contributed by atoms with van der Waals surface area (Å²) in [5.41, 5.74) is 0. The average Bonchev–Trinajstić information content (AvgIpc) is 3.10. The van der Waals surface area contributed by atoms with E-state index in [1.165, 1.54) is 128 Å². The molecule has 2 atom stereocenters. The number of hydrogen-bond acceptors (Lipinski definition) is 7. The second-order valence-corrected chi connectivity index (χ2v) is 15.7. The number of ether oxygens (including phenoxy) is 2. The molecule has 0 rings (SSSR count). The van der Waals surface area contributed by atoms with Gasteiger partial charge in [-0.3, -0.25) is 18.6 Å². The maximum Gasteiger partial charge on any atom is 0.472 e. The highest BCUT2D eigenvalue weighted by Gasteiger charge is 2.24. The van der Waals surface area contributed by atoms with Gasteiger partial charge in [0.05, 0.1) is 6.61 Å². The Kier molecular flexibility index (Phi) is 36.6. The molecule has 0 aromatic rings. The second-order valence-electron chi connectivity index (χ2n) is 14.1. The van der Waals surface area contributed by atoms with Crippen LogP contribution in [0.25, 0.3) is 0 Å². The third-order valence-electron chi connectivity index (χ3n) is 9.26. The van der Waals surface area contributed by atoms with E-state index in [4.69, 9.17) is 14.0 Å². The summed E-state index contributed by atoms with van der Waals surface area (Å²) in [6.45, 7) is 3.89. The van der Waals surface area contributed by atoms with Gasteiger partial charge >= 0.3 is 19.8 Å².